The molecule has 162 valence electrons. The molecule has 0 aromatic heterocycles. The Bertz CT molecular complexity index is 1250. The number of rotatable bonds is 5. The zero-order chi connectivity index (χ0) is 22.8. The lowest BCUT2D eigenvalue weighted by molar-refractivity contribution is -0.129. The van der Waals surface area contributed by atoms with Crippen molar-refractivity contribution >= 4 is 109 Å². The first kappa shape index (κ1) is 24.2. The summed E-state index contributed by atoms with van der Waals surface area (Å²) in [5.74, 6) is 0.429. The summed E-state index contributed by atoms with van der Waals surface area (Å²) in [6, 6.07) is 17.0. The monoisotopic (exact) mass is 801 g/mol. The maximum atomic E-state index is 12.4. The molecule has 0 fully saturated rings. The molecule has 1 heterocycles. The number of hydrogen-bond acceptors (Lipinski definition) is 4. The molecular formula is C23H12Cl2I3NO3. The van der Waals surface area contributed by atoms with Crippen LogP contribution in [0.5, 0.6) is 5.75 Å². The van der Waals surface area contributed by atoms with Gasteiger partial charge in [0.25, 0.3) is 0 Å². The molecule has 1 aliphatic heterocycles. The Labute approximate surface area is 235 Å². The third-order valence-electron chi connectivity index (χ3n) is 4.40. The Morgan fingerprint density at radius 1 is 0.969 bits per heavy atom. The fourth-order valence-corrected chi connectivity index (χ4v) is 5.86. The molecule has 0 bridgehead atoms. The van der Waals surface area contributed by atoms with E-state index in [1.165, 1.54) is 3.57 Å². The van der Waals surface area contributed by atoms with Crippen LogP contribution in [0.25, 0.3) is 6.08 Å². The van der Waals surface area contributed by atoms with Crippen LogP contribution in [0, 0.1) is 10.7 Å². The van der Waals surface area contributed by atoms with Crippen molar-refractivity contribution in [3.05, 3.63) is 97.7 Å². The van der Waals surface area contributed by atoms with E-state index in [0.717, 1.165) is 24.0 Å². The van der Waals surface area contributed by atoms with Gasteiger partial charge in [-0.1, -0.05) is 35.3 Å². The Balaban J connectivity index is 1.56. The van der Waals surface area contributed by atoms with Crippen LogP contribution in [-0.2, 0) is 16.1 Å². The second-order valence-corrected chi connectivity index (χ2v) is 11.1. The molecule has 0 aliphatic carbocycles. The summed E-state index contributed by atoms with van der Waals surface area (Å²) in [4.78, 5) is 16.7. The van der Waals surface area contributed by atoms with Crippen molar-refractivity contribution in [1.29, 1.82) is 0 Å². The summed E-state index contributed by atoms with van der Waals surface area (Å²) < 4.78 is 14.4. The molecular weight excluding hydrogens is 790 g/mol. The minimum absolute atomic E-state index is 0.157. The van der Waals surface area contributed by atoms with Crippen LogP contribution < -0.4 is 4.74 Å². The molecule has 4 nitrogen and oxygen atoms in total. The van der Waals surface area contributed by atoms with Gasteiger partial charge in [0, 0.05) is 8.59 Å². The minimum atomic E-state index is -0.532. The number of esters is 1. The third kappa shape index (κ3) is 5.78. The number of benzene rings is 3. The van der Waals surface area contributed by atoms with Crippen molar-refractivity contribution in [3.63, 3.8) is 0 Å². The zero-order valence-corrected chi connectivity index (χ0v) is 24.0. The number of hydrogen-bond donors (Lipinski definition) is 0. The number of carbonyl (C=O) groups is 1. The quantitative estimate of drug-likeness (QED) is 0.151. The van der Waals surface area contributed by atoms with E-state index in [9.17, 15) is 4.79 Å². The number of aliphatic imine (C=N–C) groups is 1. The smallest absolute Gasteiger partial charge is 0.363 e. The number of ether oxygens (including phenoxy) is 2. The van der Waals surface area contributed by atoms with Crippen LogP contribution in [0.15, 0.2) is 65.3 Å². The summed E-state index contributed by atoms with van der Waals surface area (Å²) in [5.41, 5.74) is 2.63. The van der Waals surface area contributed by atoms with E-state index in [1.54, 1.807) is 24.3 Å². The number of halogens is 5. The highest BCUT2D eigenvalue weighted by Crippen LogP contribution is 2.32. The van der Waals surface area contributed by atoms with Crippen LogP contribution in [0.1, 0.15) is 16.7 Å². The van der Waals surface area contributed by atoms with Crippen LogP contribution >= 0.6 is 91.0 Å². The van der Waals surface area contributed by atoms with E-state index in [0.29, 0.717) is 22.2 Å². The van der Waals surface area contributed by atoms with Gasteiger partial charge < -0.3 is 9.47 Å². The van der Waals surface area contributed by atoms with E-state index >= 15 is 0 Å². The highest BCUT2D eigenvalue weighted by molar-refractivity contribution is 14.1. The van der Waals surface area contributed by atoms with Gasteiger partial charge in [-0.15, -0.1) is 0 Å². The standard InChI is InChI=1S/C23H12Cl2I3NO3/c24-14-3-6-16(17(25)10-14)22-29-20(23(30)32-22)9-13-7-18(27)21(19(28)8-13)31-11-12-1-4-15(26)5-2-12/h1-10H,11H2/b20-9-. The first-order valence-electron chi connectivity index (χ1n) is 9.14. The predicted octanol–water partition coefficient (Wildman–Crippen LogP) is 7.73. The largest absolute Gasteiger partial charge is 0.487 e. The average Bonchev–Trinajstić information content (AvgIpc) is 3.08. The first-order valence-corrected chi connectivity index (χ1v) is 13.1. The summed E-state index contributed by atoms with van der Waals surface area (Å²) in [7, 11) is 0. The van der Waals surface area contributed by atoms with Gasteiger partial charge in [-0.25, -0.2) is 9.79 Å². The number of carbonyl (C=O) groups excluding carboxylic acids is 1. The maximum absolute atomic E-state index is 12.4. The van der Waals surface area contributed by atoms with Gasteiger partial charge >= 0.3 is 5.97 Å². The van der Waals surface area contributed by atoms with Gasteiger partial charge in [0.15, 0.2) is 5.70 Å². The highest BCUT2D eigenvalue weighted by atomic mass is 127. The fourth-order valence-electron chi connectivity index (χ4n) is 2.88. The van der Waals surface area contributed by atoms with Gasteiger partial charge in [0.2, 0.25) is 5.90 Å². The van der Waals surface area contributed by atoms with E-state index in [2.05, 4.69) is 97.0 Å². The van der Waals surface area contributed by atoms with Crippen molar-refractivity contribution in [2.75, 3.05) is 0 Å². The Kier molecular flexibility index (Phi) is 8.01. The lowest BCUT2D eigenvalue weighted by Crippen LogP contribution is -2.06. The maximum Gasteiger partial charge on any atom is 0.363 e. The van der Waals surface area contributed by atoms with E-state index in [-0.39, 0.29) is 11.6 Å². The summed E-state index contributed by atoms with van der Waals surface area (Å²) >= 11 is 18.9. The summed E-state index contributed by atoms with van der Waals surface area (Å²) in [5, 5.41) is 0.858. The van der Waals surface area contributed by atoms with Crippen molar-refractivity contribution in [2.24, 2.45) is 4.99 Å². The molecule has 1 aliphatic rings. The van der Waals surface area contributed by atoms with E-state index < -0.39 is 5.97 Å². The second-order valence-electron chi connectivity index (χ2n) is 6.69. The topological polar surface area (TPSA) is 47.9 Å². The van der Waals surface area contributed by atoms with Crippen molar-refractivity contribution < 1.29 is 14.3 Å². The fraction of sp³-hybridized carbons (Fsp3) is 0.0435. The molecule has 0 saturated heterocycles. The molecule has 9 heteroatoms. The minimum Gasteiger partial charge on any atom is -0.487 e. The molecule has 3 aromatic carbocycles. The lowest BCUT2D eigenvalue weighted by Gasteiger charge is -2.11. The van der Waals surface area contributed by atoms with Crippen molar-refractivity contribution in [2.45, 2.75) is 6.61 Å². The zero-order valence-electron chi connectivity index (χ0n) is 16.0. The Morgan fingerprint density at radius 2 is 1.66 bits per heavy atom. The summed E-state index contributed by atoms with van der Waals surface area (Å²) in [6.45, 7) is 0.477. The van der Waals surface area contributed by atoms with Gasteiger partial charge in [-0.2, -0.15) is 0 Å². The molecule has 0 atom stereocenters. The predicted molar refractivity (Wildman–Crippen MR) is 152 cm³/mol. The van der Waals surface area contributed by atoms with Crippen molar-refractivity contribution in [1.82, 2.24) is 0 Å². The third-order valence-corrected chi connectivity index (χ3v) is 7.27. The molecule has 0 N–H and O–H groups in total. The van der Waals surface area contributed by atoms with Crippen LogP contribution in [-0.4, -0.2) is 11.9 Å². The van der Waals surface area contributed by atoms with Crippen LogP contribution in [0.2, 0.25) is 10.0 Å². The molecule has 0 radical (unpaired) electrons. The Hall–Kier alpha value is -0.890. The molecule has 3 aromatic rings. The average molecular weight is 802 g/mol. The molecule has 0 unspecified atom stereocenters. The molecule has 4 rings (SSSR count). The summed E-state index contributed by atoms with van der Waals surface area (Å²) in [6.07, 6.45) is 1.69. The van der Waals surface area contributed by atoms with Crippen molar-refractivity contribution in [3.8, 4) is 5.75 Å². The van der Waals surface area contributed by atoms with Crippen LogP contribution in [0.3, 0.4) is 0 Å². The van der Waals surface area contributed by atoms with Gasteiger partial charge in [0.05, 0.1) is 17.7 Å². The van der Waals surface area contributed by atoms with E-state index in [1.807, 2.05) is 12.1 Å². The van der Waals surface area contributed by atoms with E-state index in [4.69, 9.17) is 32.7 Å². The lowest BCUT2D eigenvalue weighted by atomic mass is 10.2. The van der Waals surface area contributed by atoms with Gasteiger partial charge in [0.1, 0.15) is 12.4 Å². The van der Waals surface area contributed by atoms with Gasteiger partial charge in [-0.3, -0.25) is 0 Å². The highest BCUT2D eigenvalue weighted by Gasteiger charge is 2.26. The Morgan fingerprint density at radius 3 is 2.31 bits per heavy atom. The number of cyclic esters (lactones) is 1. The SMILES string of the molecule is O=C1OC(c2ccc(Cl)cc2Cl)=N/C1=C\c1cc(I)c(OCc2ccc(I)cc2)c(I)c1. The molecule has 0 spiro atoms. The first-order chi connectivity index (χ1) is 15.3. The molecule has 0 saturated carbocycles. The molecule has 0 amide bonds. The van der Waals surface area contributed by atoms with Crippen LogP contribution in [0.4, 0.5) is 0 Å². The second kappa shape index (κ2) is 10.6. The molecule has 32 heavy (non-hydrogen) atoms. The number of nitrogens with zero attached hydrogens (tertiary/aromatic N) is 1. The van der Waals surface area contributed by atoms with Gasteiger partial charge in [-0.05, 0) is 127 Å². The normalized spacial score (nSPS) is 14.5.